The summed E-state index contributed by atoms with van der Waals surface area (Å²) in [6.45, 7) is 2.99. The molecule has 0 aliphatic carbocycles. The maximum absolute atomic E-state index is 13.3. The highest BCUT2D eigenvalue weighted by Gasteiger charge is 2.17. The second-order valence-corrected chi connectivity index (χ2v) is 9.55. The summed E-state index contributed by atoms with van der Waals surface area (Å²) in [4.78, 5) is 34.3. The summed E-state index contributed by atoms with van der Waals surface area (Å²) in [6, 6.07) is 15.7. The van der Waals surface area contributed by atoms with Crippen molar-refractivity contribution < 1.29 is 9.21 Å². The third-order valence-corrected chi connectivity index (χ3v) is 7.34. The summed E-state index contributed by atoms with van der Waals surface area (Å²) < 4.78 is 7.04. The number of amides is 1. The van der Waals surface area contributed by atoms with Crippen LogP contribution in [0.4, 0.5) is 0 Å². The third-order valence-electron chi connectivity index (χ3n) is 5.21. The molecule has 0 radical (unpaired) electrons. The number of hydrogen-bond acceptors (Lipinski definition) is 6. The van der Waals surface area contributed by atoms with Crippen LogP contribution in [0.5, 0.6) is 0 Å². The molecule has 3 heterocycles. The first kappa shape index (κ1) is 22.4. The van der Waals surface area contributed by atoms with Crippen molar-refractivity contribution in [3.05, 3.63) is 81.3 Å². The summed E-state index contributed by atoms with van der Waals surface area (Å²) in [5, 5.41) is 1.24. The third kappa shape index (κ3) is 5.14. The van der Waals surface area contributed by atoms with Crippen molar-refractivity contribution in [2.45, 2.75) is 38.0 Å². The summed E-state index contributed by atoms with van der Waals surface area (Å²) in [7, 11) is 1.75. The molecule has 8 heteroatoms. The molecule has 1 amide bonds. The van der Waals surface area contributed by atoms with E-state index in [0.717, 1.165) is 33.9 Å². The average Bonchev–Trinajstić information content (AvgIpc) is 3.47. The molecule has 6 nitrogen and oxygen atoms in total. The SMILES string of the molecule is CCc1cc2c(=O)n(CCc3ccccc3)c(SCC(=O)N(C)Cc3ccco3)nc2s1. The van der Waals surface area contributed by atoms with Crippen LogP contribution in [0.15, 0.2) is 69.2 Å². The Morgan fingerprint density at radius 1 is 1.22 bits per heavy atom. The van der Waals surface area contributed by atoms with Crippen LogP contribution in [-0.2, 0) is 30.7 Å². The van der Waals surface area contributed by atoms with Gasteiger partial charge in [-0.1, -0.05) is 49.0 Å². The highest BCUT2D eigenvalue weighted by molar-refractivity contribution is 7.99. The summed E-state index contributed by atoms with van der Waals surface area (Å²) in [6.07, 6.45) is 3.18. The van der Waals surface area contributed by atoms with Gasteiger partial charge < -0.3 is 9.32 Å². The quantitative estimate of drug-likeness (QED) is 0.266. The van der Waals surface area contributed by atoms with Crippen LogP contribution in [0.3, 0.4) is 0 Å². The Morgan fingerprint density at radius 3 is 2.75 bits per heavy atom. The molecule has 0 spiro atoms. The lowest BCUT2D eigenvalue weighted by Gasteiger charge is -2.16. The lowest BCUT2D eigenvalue weighted by Crippen LogP contribution is -2.29. The molecule has 0 unspecified atom stereocenters. The summed E-state index contributed by atoms with van der Waals surface area (Å²) in [5.41, 5.74) is 1.12. The van der Waals surface area contributed by atoms with Gasteiger partial charge in [-0.05, 0) is 36.6 Å². The first-order chi connectivity index (χ1) is 15.5. The topological polar surface area (TPSA) is 68.3 Å². The maximum Gasteiger partial charge on any atom is 0.262 e. The molecular weight excluding hydrogens is 442 g/mol. The first-order valence-electron chi connectivity index (χ1n) is 10.5. The predicted molar refractivity (Wildman–Crippen MR) is 129 cm³/mol. The largest absolute Gasteiger partial charge is 0.467 e. The smallest absolute Gasteiger partial charge is 0.262 e. The molecule has 0 saturated carbocycles. The number of carbonyl (C=O) groups excluding carboxylic acids is 1. The van der Waals surface area contributed by atoms with Gasteiger partial charge in [0.25, 0.3) is 5.56 Å². The van der Waals surface area contributed by atoms with Crippen molar-refractivity contribution in [2.24, 2.45) is 0 Å². The van der Waals surface area contributed by atoms with Gasteiger partial charge in [0, 0.05) is 18.5 Å². The van der Waals surface area contributed by atoms with Gasteiger partial charge in [0.15, 0.2) is 5.16 Å². The molecule has 4 aromatic rings. The Labute approximate surface area is 194 Å². The predicted octanol–water partition coefficient (Wildman–Crippen LogP) is 4.61. The Hall–Kier alpha value is -2.84. The summed E-state index contributed by atoms with van der Waals surface area (Å²) >= 11 is 2.86. The van der Waals surface area contributed by atoms with Gasteiger partial charge in [-0.3, -0.25) is 14.2 Å². The van der Waals surface area contributed by atoms with Crippen LogP contribution in [0.1, 0.15) is 23.1 Å². The number of aromatic nitrogens is 2. The number of furan rings is 1. The molecule has 0 saturated heterocycles. The highest BCUT2D eigenvalue weighted by Crippen LogP contribution is 2.25. The molecule has 1 aromatic carbocycles. The van der Waals surface area contributed by atoms with E-state index in [0.29, 0.717) is 23.6 Å². The number of rotatable bonds is 9. The molecule has 0 bridgehead atoms. The molecule has 3 aromatic heterocycles. The molecule has 0 aliphatic rings. The zero-order chi connectivity index (χ0) is 22.5. The molecule has 0 aliphatic heterocycles. The number of fused-ring (bicyclic) bond motifs is 1. The molecule has 0 atom stereocenters. The van der Waals surface area contributed by atoms with Gasteiger partial charge in [-0.25, -0.2) is 4.98 Å². The van der Waals surface area contributed by atoms with E-state index in [2.05, 4.69) is 19.1 Å². The Kier molecular flexibility index (Phi) is 7.12. The Morgan fingerprint density at radius 2 is 2.03 bits per heavy atom. The van der Waals surface area contributed by atoms with Gasteiger partial charge in [-0.2, -0.15) is 0 Å². The van der Waals surface area contributed by atoms with Crippen LogP contribution >= 0.6 is 23.1 Å². The number of carbonyl (C=O) groups is 1. The molecule has 0 N–H and O–H groups in total. The lowest BCUT2D eigenvalue weighted by atomic mass is 10.1. The van der Waals surface area contributed by atoms with Crippen molar-refractivity contribution >= 4 is 39.2 Å². The number of benzene rings is 1. The standard InChI is InChI=1S/C24H25N3O3S2/c1-3-19-14-20-22(32-19)25-24(27(23(20)29)12-11-17-8-5-4-6-9-17)31-16-21(28)26(2)15-18-10-7-13-30-18/h4-10,13-14H,3,11-12,15-16H2,1-2H3. The minimum atomic E-state index is -0.0456. The zero-order valence-electron chi connectivity index (χ0n) is 18.1. The highest BCUT2D eigenvalue weighted by atomic mass is 32.2. The van der Waals surface area contributed by atoms with Crippen molar-refractivity contribution in [3.8, 4) is 0 Å². The van der Waals surface area contributed by atoms with Crippen LogP contribution in [0, 0.1) is 0 Å². The fourth-order valence-corrected chi connectivity index (χ4v) is 5.35. The lowest BCUT2D eigenvalue weighted by molar-refractivity contribution is -0.127. The van der Waals surface area contributed by atoms with Crippen molar-refractivity contribution in [1.29, 1.82) is 0 Å². The van der Waals surface area contributed by atoms with E-state index < -0.39 is 0 Å². The second kappa shape index (κ2) is 10.2. The van der Waals surface area contributed by atoms with Crippen molar-refractivity contribution in [2.75, 3.05) is 12.8 Å². The van der Waals surface area contributed by atoms with Gasteiger partial charge in [0.2, 0.25) is 5.91 Å². The van der Waals surface area contributed by atoms with Crippen molar-refractivity contribution in [3.63, 3.8) is 0 Å². The van der Waals surface area contributed by atoms with E-state index in [1.165, 1.54) is 11.8 Å². The van der Waals surface area contributed by atoms with Crippen LogP contribution in [0.25, 0.3) is 10.2 Å². The molecule has 32 heavy (non-hydrogen) atoms. The second-order valence-electron chi connectivity index (χ2n) is 7.49. The Bertz CT molecular complexity index is 1250. The number of hydrogen-bond donors (Lipinski definition) is 0. The fraction of sp³-hybridized carbons (Fsp3) is 0.292. The van der Waals surface area contributed by atoms with Crippen molar-refractivity contribution in [1.82, 2.24) is 14.5 Å². The normalized spacial score (nSPS) is 11.2. The van der Waals surface area contributed by atoms with E-state index in [1.54, 1.807) is 40.2 Å². The maximum atomic E-state index is 13.3. The zero-order valence-corrected chi connectivity index (χ0v) is 19.7. The number of aryl methyl sites for hydroxylation is 2. The van der Waals surface area contributed by atoms with E-state index in [-0.39, 0.29) is 17.2 Å². The van der Waals surface area contributed by atoms with E-state index in [4.69, 9.17) is 9.40 Å². The average molecular weight is 468 g/mol. The van der Waals surface area contributed by atoms with Gasteiger partial charge in [-0.15, -0.1) is 11.3 Å². The van der Waals surface area contributed by atoms with E-state index in [9.17, 15) is 9.59 Å². The number of nitrogens with zero attached hydrogens (tertiary/aromatic N) is 3. The Balaban J connectivity index is 1.56. The van der Waals surface area contributed by atoms with Crippen LogP contribution in [-0.4, -0.2) is 33.2 Å². The van der Waals surface area contributed by atoms with E-state index in [1.807, 2.05) is 30.3 Å². The first-order valence-corrected chi connectivity index (χ1v) is 12.3. The summed E-state index contributed by atoms with van der Waals surface area (Å²) in [5.74, 6) is 0.888. The molecule has 166 valence electrons. The molecule has 4 rings (SSSR count). The minimum absolute atomic E-state index is 0.0410. The van der Waals surface area contributed by atoms with E-state index >= 15 is 0 Å². The van der Waals surface area contributed by atoms with Gasteiger partial charge in [0.05, 0.1) is 23.9 Å². The van der Waals surface area contributed by atoms with Crippen LogP contribution in [0.2, 0.25) is 0 Å². The molecule has 0 fully saturated rings. The van der Waals surface area contributed by atoms with Gasteiger partial charge in [0.1, 0.15) is 10.6 Å². The monoisotopic (exact) mass is 467 g/mol. The number of thiophene rings is 1. The number of thioether (sulfide) groups is 1. The fourth-order valence-electron chi connectivity index (χ4n) is 3.38. The minimum Gasteiger partial charge on any atom is -0.467 e. The van der Waals surface area contributed by atoms with Crippen LogP contribution < -0.4 is 5.56 Å². The van der Waals surface area contributed by atoms with Gasteiger partial charge >= 0.3 is 0 Å². The molecular formula is C24H25N3O3S2.